The Morgan fingerprint density at radius 3 is 2.69 bits per heavy atom. The first-order valence-electron chi connectivity index (χ1n) is 8.17. The lowest BCUT2D eigenvalue weighted by molar-refractivity contribution is -0.144. The number of anilines is 1. The molecule has 2 aliphatic rings. The van der Waals surface area contributed by atoms with Crippen molar-refractivity contribution >= 4 is 17.6 Å². The summed E-state index contributed by atoms with van der Waals surface area (Å²) in [5.74, 6) is -1.31. The summed E-state index contributed by atoms with van der Waals surface area (Å²) < 4.78 is 10.8. The second kappa shape index (κ2) is 5.92. The smallest absolute Gasteiger partial charge is 0.339 e. The van der Waals surface area contributed by atoms with Crippen LogP contribution < -0.4 is 11.1 Å². The van der Waals surface area contributed by atoms with Crippen LogP contribution in [0.1, 0.15) is 31.9 Å². The molecule has 2 aliphatic heterocycles. The Morgan fingerprint density at radius 2 is 2.08 bits per heavy atom. The summed E-state index contributed by atoms with van der Waals surface area (Å²) in [6.07, 6.45) is -0.408. The molecule has 0 bridgehead atoms. The van der Waals surface area contributed by atoms with Gasteiger partial charge in [0.2, 0.25) is 11.8 Å². The first-order valence-corrected chi connectivity index (χ1v) is 8.17. The average Bonchev–Trinajstić information content (AvgIpc) is 2.80. The van der Waals surface area contributed by atoms with Crippen molar-refractivity contribution in [2.75, 3.05) is 5.32 Å². The maximum absolute atomic E-state index is 13.2. The number of nitrogens with one attached hydrogen (secondary N) is 1. The molecule has 1 aromatic rings. The molecule has 134 valence electrons. The minimum absolute atomic E-state index is 0.0255. The first-order chi connectivity index (χ1) is 12.2. The third-order valence-corrected chi connectivity index (χ3v) is 4.51. The summed E-state index contributed by atoms with van der Waals surface area (Å²) in [6.45, 7) is 6.74. The number of nitrogens with zero attached hydrogens (tertiary/aromatic N) is 1. The number of aryl methyl sites for hydroxylation is 1. The number of rotatable bonds is 2. The van der Waals surface area contributed by atoms with Crippen molar-refractivity contribution in [3.05, 3.63) is 52.1 Å². The van der Waals surface area contributed by atoms with Crippen LogP contribution >= 0.6 is 0 Å². The third kappa shape index (κ3) is 2.19. The van der Waals surface area contributed by atoms with E-state index in [2.05, 4.69) is 5.32 Å². The molecule has 26 heavy (non-hydrogen) atoms. The quantitative estimate of drug-likeness (QED) is 0.787. The van der Waals surface area contributed by atoms with Crippen LogP contribution in [-0.4, -0.2) is 18.0 Å². The highest BCUT2D eigenvalue weighted by Gasteiger charge is 2.60. The Bertz CT molecular complexity index is 937. The number of esters is 1. The van der Waals surface area contributed by atoms with Gasteiger partial charge in [0.05, 0.1) is 6.10 Å². The van der Waals surface area contributed by atoms with Gasteiger partial charge in [0, 0.05) is 11.3 Å². The molecule has 0 fully saturated rings. The lowest BCUT2D eigenvalue weighted by atomic mass is 9.67. The Morgan fingerprint density at radius 1 is 1.38 bits per heavy atom. The zero-order valence-electron chi connectivity index (χ0n) is 15.0. The number of hydrogen-bond acceptors (Lipinski definition) is 6. The number of ether oxygens (including phenoxy) is 2. The van der Waals surface area contributed by atoms with E-state index in [4.69, 9.17) is 15.2 Å². The Kier molecular flexibility index (Phi) is 3.99. The molecule has 3 N–H and O–H groups in total. The molecule has 1 aromatic carbocycles. The van der Waals surface area contributed by atoms with Crippen LogP contribution in [0.25, 0.3) is 0 Å². The second-order valence-corrected chi connectivity index (χ2v) is 6.54. The standard InChI is InChI=1S/C19H19N3O4/c1-9(2)25-17(23)15-11(4)26-16(21)12(8-20)19(15)14-10(3)6-5-7-13(14)22-18(19)24/h5-7,9H,21H2,1-4H3,(H,22,24)/t19-/m1/s1. The number of carbonyl (C=O) groups is 2. The predicted molar refractivity (Wildman–Crippen MR) is 93.3 cm³/mol. The van der Waals surface area contributed by atoms with Gasteiger partial charge in [0.25, 0.3) is 0 Å². The zero-order chi connectivity index (χ0) is 19.2. The van der Waals surface area contributed by atoms with Crippen LogP contribution in [0, 0.1) is 18.3 Å². The molecule has 0 unspecified atom stereocenters. The molecular formula is C19H19N3O4. The van der Waals surface area contributed by atoms with Crippen LogP contribution in [-0.2, 0) is 24.5 Å². The van der Waals surface area contributed by atoms with E-state index >= 15 is 0 Å². The summed E-state index contributed by atoms with van der Waals surface area (Å²) in [5.41, 5.74) is 5.89. The highest BCUT2D eigenvalue weighted by atomic mass is 16.5. The fraction of sp³-hybridized carbons (Fsp3) is 0.316. The average molecular weight is 353 g/mol. The van der Waals surface area contributed by atoms with Gasteiger partial charge in [-0.3, -0.25) is 4.79 Å². The Labute approximate surface area is 151 Å². The van der Waals surface area contributed by atoms with Crippen molar-refractivity contribution in [2.45, 2.75) is 39.2 Å². The number of carbonyl (C=O) groups excluding carboxylic acids is 2. The van der Waals surface area contributed by atoms with Gasteiger partial charge in [0.1, 0.15) is 23.0 Å². The maximum Gasteiger partial charge on any atom is 0.339 e. The monoisotopic (exact) mass is 353 g/mol. The topological polar surface area (TPSA) is 114 Å². The van der Waals surface area contributed by atoms with Gasteiger partial charge >= 0.3 is 5.97 Å². The van der Waals surface area contributed by atoms with Crippen LogP contribution in [0.15, 0.2) is 41.0 Å². The second-order valence-electron chi connectivity index (χ2n) is 6.54. The van der Waals surface area contributed by atoms with Gasteiger partial charge in [0.15, 0.2) is 5.41 Å². The highest BCUT2D eigenvalue weighted by molar-refractivity contribution is 6.17. The number of benzene rings is 1. The minimum atomic E-state index is -1.69. The van der Waals surface area contributed by atoms with E-state index in [0.717, 1.165) is 5.56 Å². The lowest BCUT2D eigenvalue weighted by Crippen LogP contribution is -2.46. The van der Waals surface area contributed by atoms with Gasteiger partial charge in [-0.1, -0.05) is 12.1 Å². The number of allylic oxidation sites excluding steroid dienone is 1. The van der Waals surface area contributed by atoms with Crippen LogP contribution in [0.4, 0.5) is 5.69 Å². The fourth-order valence-corrected chi connectivity index (χ4v) is 3.63. The van der Waals surface area contributed by atoms with Gasteiger partial charge in [-0.2, -0.15) is 5.26 Å². The summed E-state index contributed by atoms with van der Waals surface area (Å²) in [6, 6.07) is 7.28. The Hall–Kier alpha value is -3.27. The molecule has 1 amide bonds. The summed E-state index contributed by atoms with van der Waals surface area (Å²) in [5, 5.41) is 12.5. The summed E-state index contributed by atoms with van der Waals surface area (Å²) in [7, 11) is 0. The SMILES string of the molecule is CC1=C(C(=O)OC(C)C)[C@@]2(C(=O)Nc3cccc(C)c32)C(C#N)=C(N)O1. The van der Waals surface area contributed by atoms with Crippen LogP contribution in [0.3, 0.4) is 0 Å². The largest absolute Gasteiger partial charge is 0.459 e. The van der Waals surface area contributed by atoms with Crippen molar-refractivity contribution in [1.29, 1.82) is 5.26 Å². The maximum atomic E-state index is 13.2. The molecule has 0 saturated carbocycles. The van der Waals surface area contributed by atoms with E-state index in [1.54, 1.807) is 26.0 Å². The van der Waals surface area contributed by atoms with E-state index < -0.39 is 23.4 Å². The minimum Gasteiger partial charge on any atom is -0.459 e. The molecule has 2 heterocycles. The van der Waals surface area contributed by atoms with Gasteiger partial charge < -0.3 is 20.5 Å². The van der Waals surface area contributed by atoms with Gasteiger partial charge in [-0.15, -0.1) is 0 Å². The van der Waals surface area contributed by atoms with Crippen molar-refractivity contribution < 1.29 is 19.1 Å². The number of amides is 1. The summed E-state index contributed by atoms with van der Waals surface area (Å²) >= 11 is 0. The fourth-order valence-electron chi connectivity index (χ4n) is 3.63. The van der Waals surface area contributed by atoms with E-state index in [-0.39, 0.29) is 22.8 Å². The highest BCUT2D eigenvalue weighted by Crippen LogP contribution is 2.53. The van der Waals surface area contributed by atoms with Crippen LogP contribution in [0.5, 0.6) is 0 Å². The van der Waals surface area contributed by atoms with E-state index in [9.17, 15) is 14.9 Å². The van der Waals surface area contributed by atoms with Crippen molar-refractivity contribution in [3.8, 4) is 6.07 Å². The van der Waals surface area contributed by atoms with E-state index in [1.165, 1.54) is 6.92 Å². The lowest BCUT2D eigenvalue weighted by Gasteiger charge is -2.34. The molecule has 7 nitrogen and oxygen atoms in total. The number of hydrogen-bond donors (Lipinski definition) is 2. The Balaban J connectivity index is 2.40. The predicted octanol–water partition coefficient (Wildman–Crippen LogP) is 2.13. The molecule has 3 rings (SSSR count). The van der Waals surface area contributed by atoms with Crippen molar-refractivity contribution in [2.24, 2.45) is 5.73 Å². The van der Waals surface area contributed by atoms with Crippen molar-refractivity contribution in [1.82, 2.24) is 0 Å². The number of nitrogens with two attached hydrogens (primary N) is 1. The van der Waals surface area contributed by atoms with Crippen molar-refractivity contribution in [3.63, 3.8) is 0 Å². The van der Waals surface area contributed by atoms with Gasteiger partial charge in [-0.25, -0.2) is 4.79 Å². The molecule has 0 radical (unpaired) electrons. The molecule has 7 heteroatoms. The molecule has 0 aromatic heterocycles. The normalized spacial score (nSPS) is 21.5. The molecule has 0 aliphatic carbocycles. The number of fused-ring (bicyclic) bond motifs is 2. The molecule has 1 atom stereocenters. The van der Waals surface area contributed by atoms with Crippen LogP contribution in [0.2, 0.25) is 0 Å². The third-order valence-electron chi connectivity index (χ3n) is 4.51. The molecule has 0 saturated heterocycles. The summed E-state index contributed by atoms with van der Waals surface area (Å²) in [4.78, 5) is 26.1. The first kappa shape index (κ1) is 17.5. The number of nitriles is 1. The molecule has 1 spiro atoms. The van der Waals surface area contributed by atoms with Gasteiger partial charge in [-0.05, 0) is 39.3 Å². The van der Waals surface area contributed by atoms with E-state index in [0.29, 0.717) is 11.3 Å². The van der Waals surface area contributed by atoms with E-state index in [1.807, 2.05) is 19.1 Å². The zero-order valence-corrected chi connectivity index (χ0v) is 15.0. The molecular weight excluding hydrogens is 334 g/mol.